The van der Waals surface area contributed by atoms with Crippen LogP contribution < -0.4 is 9.64 Å². The number of carbonyl (C=O) groups excluding carboxylic acids is 1. The molecule has 3 aromatic rings. The van der Waals surface area contributed by atoms with Gasteiger partial charge in [-0.25, -0.2) is 0 Å². The molecular formula is C21H18N2O2. The molecule has 0 aliphatic carbocycles. The smallest absolute Gasteiger partial charge is 0.268 e. The minimum atomic E-state index is -0.489. The van der Waals surface area contributed by atoms with Crippen molar-refractivity contribution >= 4 is 11.6 Å². The molecule has 4 rings (SSSR count). The maximum absolute atomic E-state index is 12.7. The number of pyridine rings is 1. The summed E-state index contributed by atoms with van der Waals surface area (Å²) in [6.07, 6.45) is 2.99. The predicted octanol–water partition coefficient (Wildman–Crippen LogP) is 4.06. The molecule has 0 saturated heterocycles. The lowest BCUT2D eigenvalue weighted by Gasteiger charge is -2.33. The third kappa shape index (κ3) is 2.98. The van der Waals surface area contributed by atoms with E-state index >= 15 is 0 Å². The Balaban J connectivity index is 1.76. The van der Waals surface area contributed by atoms with Crippen molar-refractivity contribution in [3.63, 3.8) is 0 Å². The van der Waals surface area contributed by atoms with E-state index in [9.17, 15) is 4.79 Å². The predicted molar refractivity (Wildman–Crippen MR) is 97.4 cm³/mol. The summed E-state index contributed by atoms with van der Waals surface area (Å²) in [6.45, 7) is 2.29. The molecule has 0 spiro atoms. The molecule has 1 aliphatic heterocycles. The molecule has 0 fully saturated rings. The standard InChI is InChI=1S/C21H18N2O2/c1-15-21(24)23(14-16-9-11-22-12-10-16)19-13-18(7-8-20(19)25-15)17-5-3-2-4-6-17/h2-13,15H,14H2,1H3. The zero-order valence-electron chi connectivity index (χ0n) is 13.9. The van der Waals surface area contributed by atoms with Crippen LogP contribution in [0.25, 0.3) is 11.1 Å². The Morgan fingerprint density at radius 3 is 2.52 bits per heavy atom. The Hall–Kier alpha value is -3.14. The summed E-state index contributed by atoms with van der Waals surface area (Å²) >= 11 is 0. The third-order valence-electron chi connectivity index (χ3n) is 4.36. The fraction of sp³-hybridized carbons (Fsp3) is 0.143. The molecule has 2 heterocycles. The first kappa shape index (κ1) is 15.4. The summed E-state index contributed by atoms with van der Waals surface area (Å²) in [6, 6.07) is 20.0. The van der Waals surface area contributed by atoms with E-state index < -0.39 is 6.10 Å². The van der Waals surface area contributed by atoms with Gasteiger partial charge in [0, 0.05) is 12.4 Å². The van der Waals surface area contributed by atoms with Crippen LogP contribution in [0.5, 0.6) is 5.75 Å². The molecule has 2 aromatic carbocycles. The summed E-state index contributed by atoms with van der Waals surface area (Å²) in [4.78, 5) is 18.6. The highest BCUT2D eigenvalue weighted by Crippen LogP contribution is 2.38. The zero-order valence-corrected chi connectivity index (χ0v) is 13.9. The zero-order chi connectivity index (χ0) is 17.2. The molecule has 124 valence electrons. The quantitative estimate of drug-likeness (QED) is 0.727. The molecule has 1 amide bonds. The summed E-state index contributed by atoms with van der Waals surface area (Å²) < 4.78 is 5.80. The van der Waals surface area contributed by atoms with Crippen molar-refractivity contribution in [1.29, 1.82) is 0 Å². The van der Waals surface area contributed by atoms with Gasteiger partial charge in [0.1, 0.15) is 5.75 Å². The number of ether oxygens (including phenoxy) is 1. The van der Waals surface area contributed by atoms with E-state index in [4.69, 9.17) is 4.74 Å². The molecule has 1 atom stereocenters. The van der Waals surface area contributed by atoms with Gasteiger partial charge in [0.15, 0.2) is 6.10 Å². The Morgan fingerprint density at radius 2 is 1.76 bits per heavy atom. The Labute approximate surface area is 146 Å². The van der Waals surface area contributed by atoms with E-state index in [1.807, 2.05) is 48.5 Å². The summed E-state index contributed by atoms with van der Waals surface area (Å²) in [7, 11) is 0. The molecule has 0 N–H and O–H groups in total. The normalized spacial score (nSPS) is 16.3. The van der Waals surface area contributed by atoms with Gasteiger partial charge in [0.2, 0.25) is 0 Å². The second kappa shape index (κ2) is 6.40. The van der Waals surface area contributed by atoms with Gasteiger partial charge < -0.3 is 9.64 Å². The molecule has 1 aliphatic rings. The summed E-state index contributed by atoms with van der Waals surface area (Å²) in [5, 5.41) is 0. The molecule has 1 aromatic heterocycles. The average molecular weight is 330 g/mol. The van der Waals surface area contributed by atoms with E-state index in [1.54, 1.807) is 24.2 Å². The topological polar surface area (TPSA) is 42.4 Å². The number of benzene rings is 2. The second-order valence-corrected chi connectivity index (χ2v) is 6.09. The number of anilines is 1. The number of amides is 1. The molecular weight excluding hydrogens is 312 g/mol. The van der Waals surface area contributed by atoms with Crippen LogP contribution in [0.3, 0.4) is 0 Å². The van der Waals surface area contributed by atoms with E-state index in [1.165, 1.54) is 0 Å². The Morgan fingerprint density at radius 1 is 1.00 bits per heavy atom. The Kier molecular flexibility index (Phi) is 3.94. The monoisotopic (exact) mass is 330 g/mol. The maximum atomic E-state index is 12.7. The van der Waals surface area contributed by atoms with E-state index in [2.05, 4.69) is 17.1 Å². The largest absolute Gasteiger partial charge is 0.479 e. The SMILES string of the molecule is CC1Oc2ccc(-c3ccccc3)cc2N(Cc2ccncc2)C1=O. The minimum absolute atomic E-state index is 0.0328. The molecule has 4 nitrogen and oxygen atoms in total. The fourth-order valence-corrected chi connectivity index (χ4v) is 3.05. The first-order valence-electron chi connectivity index (χ1n) is 8.29. The van der Waals surface area contributed by atoms with Crippen LogP contribution in [0, 0.1) is 0 Å². The highest BCUT2D eigenvalue weighted by atomic mass is 16.5. The third-order valence-corrected chi connectivity index (χ3v) is 4.36. The number of aromatic nitrogens is 1. The van der Waals surface area contributed by atoms with Crippen LogP contribution in [0.1, 0.15) is 12.5 Å². The molecule has 4 heteroatoms. The van der Waals surface area contributed by atoms with E-state index in [0.717, 1.165) is 28.1 Å². The van der Waals surface area contributed by atoms with Gasteiger partial charge in [0.25, 0.3) is 5.91 Å². The summed E-state index contributed by atoms with van der Waals surface area (Å²) in [5.74, 6) is 0.704. The molecule has 0 saturated carbocycles. The summed E-state index contributed by atoms with van der Waals surface area (Å²) in [5.41, 5.74) is 4.01. The number of hydrogen-bond donors (Lipinski definition) is 0. The molecule has 1 unspecified atom stereocenters. The van der Waals surface area contributed by atoms with Crippen molar-refractivity contribution in [3.05, 3.63) is 78.6 Å². The van der Waals surface area contributed by atoms with Crippen LogP contribution in [0.2, 0.25) is 0 Å². The van der Waals surface area contributed by atoms with Gasteiger partial charge in [-0.05, 0) is 47.9 Å². The van der Waals surface area contributed by atoms with E-state index in [-0.39, 0.29) is 5.91 Å². The first-order chi connectivity index (χ1) is 12.2. The molecule has 0 bridgehead atoms. The first-order valence-corrected chi connectivity index (χ1v) is 8.29. The number of fused-ring (bicyclic) bond motifs is 1. The van der Waals surface area contributed by atoms with Gasteiger partial charge in [0.05, 0.1) is 12.2 Å². The lowest BCUT2D eigenvalue weighted by Crippen LogP contribution is -2.44. The highest BCUT2D eigenvalue weighted by Gasteiger charge is 2.31. The van der Waals surface area contributed by atoms with Crippen molar-refractivity contribution < 1.29 is 9.53 Å². The van der Waals surface area contributed by atoms with Crippen molar-refractivity contribution in [2.45, 2.75) is 19.6 Å². The average Bonchev–Trinajstić information content (AvgIpc) is 2.67. The molecule has 25 heavy (non-hydrogen) atoms. The highest BCUT2D eigenvalue weighted by molar-refractivity contribution is 6.00. The number of hydrogen-bond acceptors (Lipinski definition) is 3. The van der Waals surface area contributed by atoms with Gasteiger partial charge in [-0.2, -0.15) is 0 Å². The van der Waals surface area contributed by atoms with Crippen LogP contribution in [0.4, 0.5) is 5.69 Å². The fourth-order valence-electron chi connectivity index (χ4n) is 3.05. The van der Waals surface area contributed by atoms with Gasteiger partial charge in [-0.1, -0.05) is 36.4 Å². The van der Waals surface area contributed by atoms with Crippen LogP contribution >= 0.6 is 0 Å². The Bertz CT molecular complexity index is 894. The molecule has 0 radical (unpaired) electrons. The minimum Gasteiger partial charge on any atom is -0.479 e. The number of nitrogens with zero attached hydrogens (tertiary/aromatic N) is 2. The van der Waals surface area contributed by atoms with Crippen molar-refractivity contribution in [2.75, 3.05) is 4.90 Å². The van der Waals surface area contributed by atoms with Crippen LogP contribution in [0.15, 0.2) is 73.1 Å². The van der Waals surface area contributed by atoms with Gasteiger partial charge >= 0.3 is 0 Å². The van der Waals surface area contributed by atoms with Crippen molar-refractivity contribution in [1.82, 2.24) is 4.98 Å². The van der Waals surface area contributed by atoms with Crippen LogP contribution in [-0.4, -0.2) is 17.0 Å². The van der Waals surface area contributed by atoms with Gasteiger partial charge in [-0.3, -0.25) is 9.78 Å². The van der Waals surface area contributed by atoms with Gasteiger partial charge in [-0.15, -0.1) is 0 Å². The number of carbonyl (C=O) groups is 1. The lowest BCUT2D eigenvalue weighted by molar-refractivity contribution is -0.125. The van der Waals surface area contributed by atoms with E-state index in [0.29, 0.717) is 6.54 Å². The van der Waals surface area contributed by atoms with Crippen molar-refractivity contribution in [3.8, 4) is 16.9 Å². The maximum Gasteiger partial charge on any atom is 0.268 e. The second-order valence-electron chi connectivity index (χ2n) is 6.09. The van der Waals surface area contributed by atoms with Crippen LogP contribution in [-0.2, 0) is 11.3 Å². The lowest BCUT2D eigenvalue weighted by atomic mass is 10.0. The van der Waals surface area contributed by atoms with Crippen molar-refractivity contribution in [2.24, 2.45) is 0 Å². The number of rotatable bonds is 3.